The third-order valence-corrected chi connectivity index (χ3v) is 3.98. The molecule has 1 saturated heterocycles. The van der Waals surface area contributed by atoms with Crippen molar-refractivity contribution in [1.29, 1.82) is 0 Å². The molecule has 0 aliphatic carbocycles. The smallest absolute Gasteiger partial charge is 0.254 e. The van der Waals surface area contributed by atoms with Crippen LogP contribution in [0.25, 0.3) is 16.9 Å². The maximum atomic E-state index is 12.4. The average molecular weight is 308 g/mol. The molecule has 6 heteroatoms. The Labute approximate surface area is 133 Å². The fourth-order valence-electron chi connectivity index (χ4n) is 2.71. The zero-order valence-corrected chi connectivity index (χ0v) is 12.6. The van der Waals surface area contributed by atoms with Crippen molar-refractivity contribution in [3.8, 4) is 11.3 Å². The summed E-state index contributed by atoms with van der Waals surface area (Å²) in [5, 5.41) is 4.14. The van der Waals surface area contributed by atoms with Gasteiger partial charge in [0.15, 0.2) is 5.65 Å². The van der Waals surface area contributed by atoms with Gasteiger partial charge in [0.05, 0.1) is 25.1 Å². The molecule has 1 aromatic carbocycles. The van der Waals surface area contributed by atoms with Crippen molar-refractivity contribution in [2.24, 2.45) is 0 Å². The fraction of sp³-hybridized carbons (Fsp3) is 0.235. The predicted molar refractivity (Wildman–Crippen MR) is 85.1 cm³/mol. The molecule has 0 bridgehead atoms. The van der Waals surface area contributed by atoms with Gasteiger partial charge in [-0.05, 0) is 18.2 Å². The fourth-order valence-corrected chi connectivity index (χ4v) is 2.71. The van der Waals surface area contributed by atoms with E-state index in [0.717, 1.165) is 16.9 Å². The molecule has 1 amide bonds. The van der Waals surface area contributed by atoms with Crippen molar-refractivity contribution in [3.05, 3.63) is 54.4 Å². The Morgan fingerprint density at radius 1 is 1.04 bits per heavy atom. The Hall–Kier alpha value is -2.73. The lowest BCUT2D eigenvalue weighted by Crippen LogP contribution is -2.40. The molecule has 1 fully saturated rings. The Morgan fingerprint density at radius 3 is 2.61 bits per heavy atom. The Bertz CT molecular complexity index is 835. The molecule has 4 rings (SSSR count). The van der Waals surface area contributed by atoms with E-state index in [1.54, 1.807) is 10.7 Å². The Kier molecular flexibility index (Phi) is 3.51. The molecule has 0 spiro atoms. The van der Waals surface area contributed by atoms with Crippen LogP contribution in [-0.2, 0) is 4.74 Å². The van der Waals surface area contributed by atoms with E-state index in [-0.39, 0.29) is 5.91 Å². The van der Waals surface area contributed by atoms with Gasteiger partial charge < -0.3 is 9.64 Å². The first kappa shape index (κ1) is 13.9. The topological polar surface area (TPSA) is 59.7 Å². The molecule has 3 heterocycles. The first-order valence-corrected chi connectivity index (χ1v) is 7.59. The molecule has 2 aromatic heterocycles. The standard InChI is InChI=1S/C17H16N4O2/c22-17(20-9-11-23-12-10-20)14-3-1-13(2-4-14)15-6-8-21-16(19-15)5-7-18-21/h1-8H,9-12H2. The predicted octanol–water partition coefficient (Wildman–Crippen LogP) is 1.87. The van der Waals surface area contributed by atoms with Gasteiger partial charge in [-0.25, -0.2) is 9.50 Å². The van der Waals surface area contributed by atoms with Gasteiger partial charge in [-0.3, -0.25) is 4.79 Å². The lowest BCUT2D eigenvalue weighted by atomic mass is 10.1. The molecule has 3 aromatic rings. The maximum absolute atomic E-state index is 12.4. The quantitative estimate of drug-likeness (QED) is 0.725. The Morgan fingerprint density at radius 2 is 1.83 bits per heavy atom. The summed E-state index contributed by atoms with van der Waals surface area (Å²) < 4.78 is 7.00. The SMILES string of the molecule is O=C(c1ccc(-c2ccn3nccc3n2)cc1)N1CCOCC1. The van der Waals surface area contributed by atoms with Gasteiger partial charge in [0, 0.05) is 36.5 Å². The van der Waals surface area contributed by atoms with E-state index in [1.807, 2.05) is 47.5 Å². The molecule has 1 aliphatic heterocycles. The van der Waals surface area contributed by atoms with Crippen molar-refractivity contribution < 1.29 is 9.53 Å². The summed E-state index contributed by atoms with van der Waals surface area (Å²) in [4.78, 5) is 18.8. The van der Waals surface area contributed by atoms with Crippen LogP contribution >= 0.6 is 0 Å². The second-order valence-corrected chi connectivity index (χ2v) is 5.43. The Balaban J connectivity index is 1.58. The van der Waals surface area contributed by atoms with Gasteiger partial charge in [-0.15, -0.1) is 0 Å². The summed E-state index contributed by atoms with van der Waals surface area (Å²) in [5.41, 5.74) is 3.34. The van der Waals surface area contributed by atoms with Crippen molar-refractivity contribution in [2.45, 2.75) is 0 Å². The van der Waals surface area contributed by atoms with E-state index in [1.165, 1.54) is 0 Å². The minimum Gasteiger partial charge on any atom is -0.378 e. The van der Waals surface area contributed by atoms with Gasteiger partial charge in [0.25, 0.3) is 5.91 Å². The van der Waals surface area contributed by atoms with Gasteiger partial charge >= 0.3 is 0 Å². The lowest BCUT2D eigenvalue weighted by molar-refractivity contribution is 0.0303. The first-order valence-electron chi connectivity index (χ1n) is 7.59. The number of hydrogen-bond donors (Lipinski definition) is 0. The third-order valence-electron chi connectivity index (χ3n) is 3.98. The second-order valence-electron chi connectivity index (χ2n) is 5.43. The van der Waals surface area contributed by atoms with Crippen molar-refractivity contribution in [2.75, 3.05) is 26.3 Å². The molecule has 0 unspecified atom stereocenters. The number of carbonyl (C=O) groups excluding carboxylic acids is 1. The molecular formula is C17H16N4O2. The number of nitrogens with zero attached hydrogens (tertiary/aromatic N) is 4. The normalized spacial score (nSPS) is 15.0. The minimum atomic E-state index is 0.0547. The highest BCUT2D eigenvalue weighted by molar-refractivity contribution is 5.94. The van der Waals surface area contributed by atoms with Gasteiger partial charge in [-0.2, -0.15) is 5.10 Å². The van der Waals surface area contributed by atoms with E-state index in [2.05, 4.69) is 10.1 Å². The number of aromatic nitrogens is 3. The van der Waals surface area contributed by atoms with Crippen LogP contribution in [0.3, 0.4) is 0 Å². The molecular weight excluding hydrogens is 292 g/mol. The van der Waals surface area contributed by atoms with Crippen LogP contribution in [0.15, 0.2) is 48.8 Å². The average Bonchev–Trinajstić information content (AvgIpc) is 3.10. The number of morpholine rings is 1. The molecule has 0 N–H and O–H groups in total. The number of fused-ring (bicyclic) bond motifs is 1. The summed E-state index contributed by atoms with van der Waals surface area (Å²) in [6, 6.07) is 11.4. The van der Waals surface area contributed by atoms with Crippen LogP contribution in [0.1, 0.15) is 10.4 Å². The summed E-state index contributed by atoms with van der Waals surface area (Å²) in [7, 11) is 0. The zero-order valence-electron chi connectivity index (χ0n) is 12.6. The van der Waals surface area contributed by atoms with E-state index < -0.39 is 0 Å². The summed E-state index contributed by atoms with van der Waals surface area (Å²) >= 11 is 0. The van der Waals surface area contributed by atoms with Crippen LogP contribution in [0.2, 0.25) is 0 Å². The van der Waals surface area contributed by atoms with Crippen molar-refractivity contribution in [3.63, 3.8) is 0 Å². The number of benzene rings is 1. The van der Waals surface area contributed by atoms with E-state index in [0.29, 0.717) is 31.9 Å². The maximum Gasteiger partial charge on any atom is 0.254 e. The van der Waals surface area contributed by atoms with Crippen LogP contribution in [-0.4, -0.2) is 51.7 Å². The largest absolute Gasteiger partial charge is 0.378 e. The highest BCUT2D eigenvalue weighted by atomic mass is 16.5. The second kappa shape index (κ2) is 5.81. The molecule has 1 aliphatic rings. The first-order chi connectivity index (χ1) is 11.3. The number of rotatable bonds is 2. The number of hydrogen-bond acceptors (Lipinski definition) is 4. The summed E-state index contributed by atoms with van der Waals surface area (Å²) in [6.45, 7) is 2.53. The monoisotopic (exact) mass is 308 g/mol. The molecule has 0 radical (unpaired) electrons. The molecule has 6 nitrogen and oxygen atoms in total. The number of amides is 1. The summed E-state index contributed by atoms with van der Waals surface area (Å²) in [5.74, 6) is 0.0547. The third kappa shape index (κ3) is 2.68. The van der Waals surface area contributed by atoms with Gasteiger partial charge in [-0.1, -0.05) is 12.1 Å². The molecule has 0 atom stereocenters. The van der Waals surface area contributed by atoms with Gasteiger partial charge in [0.1, 0.15) is 0 Å². The van der Waals surface area contributed by atoms with Crippen molar-refractivity contribution in [1.82, 2.24) is 19.5 Å². The van der Waals surface area contributed by atoms with Gasteiger partial charge in [0.2, 0.25) is 0 Å². The van der Waals surface area contributed by atoms with E-state index in [9.17, 15) is 4.79 Å². The molecule has 23 heavy (non-hydrogen) atoms. The number of carbonyl (C=O) groups is 1. The number of ether oxygens (including phenoxy) is 1. The molecule has 0 saturated carbocycles. The van der Waals surface area contributed by atoms with Crippen LogP contribution in [0.5, 0.6) is 0 Å². The lowest BCUT2D eigenvalue weighted by Gasteiger charge is -2.26. The summed E-state index contributed by atoms with van der Waals surface area (Å²) in [6.07, 6.45) is 3.60. The van der Waals surface area contributed by atoms with E-state index in [4.69, 9.17) is 4.74 Å². The van der Waals surface area contributed by atoms with Crippen molar-refractivity contribution >= 4 is 11.6 Å². The minimum absolute atomic E-state index is 0.0547. The highest BCUT2D eigenvalue weighted by Crippen LogP contribution is 2.19. The zero-order chi connectivity index (χ0) is 15.6. The van der Waals surface area contributed by atoms with Crippen LogP contribution in [0.4, 0.5) is 0 Å². The highest BCUT2D eigenvalue weighted by Gasteiger charge is 2.18. The van der Waals surface area contributed by atoms with E-state index >= 15 is 0 Å². The van der Waals surface area contributed by atoms with Crippen LogP contribution < -0.4 is 0 Å². The molecule has 116 valence electrons. The van der Waals surface area contributed by atoms with Crippen LogP contribution in [0, 0.1) is 0 Å².